The van der Waals surface area contributed by atoms with Crippen LogP contribution in [0.15, 0.2) is 47.5 Å². The zero-order valence-corrected chi connectivity index (χ0v) is 20.0. The standard InChI is InChI=1S/C24H20F2N8O4/c1-11-13(9-30-23-29-6-5-15(33-23)17-10-27-7-8-28-17)20(38-34-11)16-4-3-14(12(2)31-16)32-21(35)18-19(22(36)37)24(18,25)26/h3-8,10,18-19H,9H2,1-2H3,(H,32,35)(H,36,37)(H,29,30,33). The number of hydrogen-bond acceptors (Lipinski definition) is 10. The van der Waals surface area contributed by atoms with E-state index in [0.29, 0.717) is 45.7 Å². The van der Waals surface area contributed by atoms with Crippen LogP contribution in [-0.2, 0) is 16.1 Å². The summed E-state index contributed by atoms with van der Waals surface area (Å²) in [5.74, 6) is -9.64. The van der Waals surface area contributed by atoms with Crippen LogP contribution < -0.4 is 10.6 Å². The number of rotatable bonds is 8. The molecule has 1 aliphatic rings. The van der Waals surface area contributed by atoms with Crippen LogP contribution in [0.3, 0.4) is 0 Å². The predicted octanol–water partition coefficient (Wildman–Crippen LogP) is 3.12. The lowest BCUT2D eigenvalue weighted by molar-refractivity contribution is -0.141. The minimum absolute atomic E-state index is 0.177. The Labute approximate surface area is 213 Å². The molecule has 0 spiro atoms. The van der Waals surface area contributed by atoms with Crippen molar-refractivity contribution in [2.24, 2.45) is 11.8 Å². The molecular weight excluding hydrogens is 502 g/mol. The van der Waals surface area contributed by atoms with E-state index >= 15 is 0 Å². The molecule has 4 aromatic heterocycles. The second-order valence-corrected chi connectivity index (χ2v) is 8.57. The summed E-state index contributed by atoms with van der Waals surface area (Å²) in [5.41, 5.74) is 3.36. The van der Waals surface area contributed by atoms with Crippen LogP contribution in [0, 0.1) is 25.7 Å². The van der Waals surface area contributed by atoms with E-state index in [0.717, 1.165) is 0 Å². The molecule has 0 aromatic carbocycles. The highest BCUT2D eigenvalue weighted by atomic mass is 19.3. The number of carboxylic acid groups (broad SMARTS) is 1. The number of aromatic nitrogens is 6. The van der Waals surface area contributed by atoms with Crippen molar-refractivity contribution in [1.29, 1.82) is 0 Å². The molecule has 0 radical (unpaired) electrons. The summed E-state index contributed by atoms with van der Waals surface area (Å²) in [5, 5.41) is 18.4. The van der Waals surface area contributed by atoms with Crippen LogP contribution in [0.5, 0.6) is 0 Å². The molecule has 1 fully saturated rings. The number of halogens is 2. The van der Waals surface area contributed by atoms with Gasteiger partial charge >= 0.3 is 5.97 Å². The van der Waals surface area contributed by atoms with Crippen molar-refractivity contribution >= 4 is 23.5 Å². The smallest absolute Gasteiger partial charge is 0.313 e. The van der Waals surface area contributed by atoms with Gasteiger partial charge in [0.15, 0.2) is 5.76 Å². The highest BCUT2D eigenvalue weighted by molar-refractivity contribution is 6.00. The summed E-state index contributed by atoms with van der Waals surface area (Å²) in [4.78, 5) is 44.6. The van der Waals surface area contributed by atoms with Crippen molar-refractivity contribution in [3.05, 3.63) is 59.9 Å². The second kappa shape index (κ2) is 9.53. The average Bonchev–Trinajstić information content (AvgIpc) is 3.31. The first kappa shape index (κ1) is 24.8. The number of pyridine rings is 1. The SMILES string of the molecule is Cc1nc(-c2onc(C)c2CNc2nccc(-c3cnccn3)n2)ccc1NC(=O)C1C(C(=O)O)C1(F)F. The van der Waals surface area contributed by atoms with Crippen molar-refractivity contribution in [2.75, 3.05) is 10.6 Å². The highest BCUT2D eigenvalue weighted by Crippen LogP contribution is 2.55. The third-order valence-electron chi connectivity index (χ3n) is 6.07. The Kier molecular flexibility index (Phi) is 6.22. The van der Waals surface area contributed by atoms with Crippen molar-refractivity contribution < 1.29 is 28.0 Å². The Hall–Kier alpha value is -4.88. The zero-order valence-electron chi connectivity index (χ0n) is 20.0. The van der Waals surface area contributed by atoms with Crippen molar-refractivity contribution in [2.45, 2.75) is 26.3 Å². The summed E-state index contributed by atoms with van der Waals surface area (Å²) < 4.78 is 32.9. The lowest BCUT2D eigenvalue weighted by Crippen LogP contribution is -2.19. The lowest BCUT2D eigenvalue weighted by Gasteiger charge is -2.10. The number of carbonyl (C=O) groups is 2. The molecule has 4 heterocycles. The van der Waals surface area contributed by atoms with E-state index in [1.165, 1.54) is 12.1 Å². The fraction of sp³-hybridized carbons (Fsp3) is 0.250. The number of carboxylic acids is 1. The maximum Gasteiger partial charge on any atom is 0.313 e. The maximum absolute atomic E-state index is 13.7. The number of amides is 1. The number of nitrogens with one attached hydrogen (secondary N) is 2. The Balaban J connectivity index is 1.31. The monoisotopic (exact) mass is 522 g/mol. The third-order valence-corrected chi connectivity index (χ3v) is 6.07. The topological polar surface area (TPSA) is 169 Å². The Morgan fingerprint density at radius 3 is 2.50 bits per heavy atom. The summed E-state index contributed by atoms with van der Waals surface area (Å²) >= 11 is 0. The van der Waals surface area contributed by atoms with Crippen molar-refractivity contribution in [3.63, 3.8) is 0 Å². The first-order chi connectivity index (χ1) is 18.2. The number of anilines is 2. The van der Waals surface area contributed by atoms with E-state index in [-0.39, 0.29) is 12.2 Å². The van der Waals surface area contributed by atoms with Gasteiger partial charge in [-0.1, -0.05) is 5.16 Å². The van der Waals surface area contributed by atoms with Gasteiger partial charge in [-0.05, 0) is 32.0 Å². The fourth-order valence-electron chi connectivity index (χ4n) is 3.97. The summed E-state index contributed by atoms with van der Waals surface area (Å²) in [7, 11) is 0. The molecule has 194 valence electrons. The minimum Gasteiger partial charge on any atom is -0.481 e. The molecule has 2 atom stereocenters. The third kappa shape index (κ3) is 4.63. The highest BCUT2D eigenvalue weighted by Gasteiger charge is 2.76. The van der Waals surface area contributed by atoms with Gasteiger partial charge in [-0.25, -0.2) is 23.7 Å². The second-order valence-electron chi connectivity index (χ2n) is 8.57. The van der Waals surface area contributed by atoms with Crippen LogP contribution in [0.25, 0.3) is 22.8 Å². The molecule has 3 N–H and O–H groups in total. The molecule has 0 bridgehead atoms. The molecular formula is C24H20F2N8O4. The van der Waals surface area contributed by atoms with Gasteiger partial charge in [0.05, 0.1) is 29.0 Å². The number of hydrogen-bond donors (Lipinski definition) is 3. The molecule has 1 amide bonds. The van der Waals surface area contributed by atoms with Gasteiger partial charge in [0, 0.05) is 30.7 Å². The molecule has 5 rings (SSSR count). The molecule has 4 aromatic rings. The largest absolute Gasteiger partial charge is 0.481 e. The maximum atomic E-state index is 13.7. The van der Waals surface area contributed by atoms with Gasteiger partial charge in [0.1, 0.15) is 23.2 Å². The number of aryl methyl sites for hydroxylation is 2. The molecule has 1 saturated carbocycles. The summed E-state index contributed by atoms with van der Waals surface area (Å²) in [6.45, 7) is 3.59. The van der Waals surface area contributed by atoms with Gasteiger partial charge in [0.2, 0.25) is 11.9 Å². The van der Waals surface area contributed by atoms with Crippen LogP contribution in [-0.4, -0.2) is 53.0 Å². The van der Waals surface area contributed by atoms with Crippen LogP contribution in [0.4, 0.5) is 20.4 Å². The van der Waals surface area contributed by atoms with E-state index in [1.54, 1.807) is 44.7 Å². The van der Waals surface area contributed by atoms with E-state index in [1.807, 2.05) is 0 Å². The summed E-state index contributed by atoms with van der Waals surface area (Å²) in [6, 6.07) is 4.73. The molecule has 14 heteroatoms. The molecule has 12 nitrogen and oxygen atoms in total. The van der Waals surface area contributed by atoms with Gasteiger partial charge < -0.3 is 20.3 Å². The number of aliphatic carboxylic acids is 1. The number of nitrogens with zero attached hydrogens (tertiary/aromatic N) is 6. The van der Waals surface area contributed by atoms with Crippen molar-refractivity contribution in [3.8, 4) is 22.8 Å². The Bertz CT molecular complexity index is 1530. The molecule has 1 aliphatic carbocycles. The van der Waals surface area contributed by atoms with Gasteiger partial charge in [0.25, 0.3) is 5.92 Å². The summed E-state index contributed by atoms with van der Waals surface area (Å²) in [6.07, 6.45) is 6.32. The van der Waals surface area contributed by atoms with Crippen LogP contribution in [0.1, 0.15) is 17.0 Å². The predicted molar refractivity (Wildman–Crippen MR) is 128 cm³/mol. The molecule has 0 aliphatic heterocycles. The lowest BCUT2D eigenvalue weighted by atomic mass is 10.1. The van der Waals surface area contributed by atoms with Crippen LogP contribution in [0.2, 0.25) is 0 Å². The average molecular weight is 522 g/mol. The Morgan fingerprint density at radius 2 is 1.82 bits per heavy atom. The quantitative estimate of drug-likeness (QED) is 0.311. The molecule has 2 unspecified atom stereocenters. The number of carbonyl (C=O) groups excluding carboxylic acids is 1. The normalized spacial score (nSPS) is 17.6. The van der Waals surface area contributed by atoms with E-state index in [2.05, 4.69) is 40.7 Å². The fourth-order valence-corrected chi connectivity index (χ4v) is 3.97. The van der Waals surface area contributed by atoms with E-state index in [9.17, 15) is 18.4 Å². The van der Waals surface area contributed by atoms with E-state index < -0.39 is 29.6 Å². The van der Waals surface area contributed by atoms with Gasteiger partial charge in [-0.2, -0.15) is 0 Å². The first-order valence-corrected chi connectivity index (χ1v) is 11.3. The van der Waals surface area contributed by atoms with E-state index in [4.69, 9.17) is 9.63 Å². The number of alkyl halides is 2. The van der Waals surface area contributed by atoms with Crippen LogP contribution >= 0.6 is 0 Å². The van der Waals surface area contributed by atoms with Crippen molar-refractivity contribution in [1.82, 2.24) is 30.1 Å². The first-order valence-electron chi connectivity index (χ1n) is 11.3. The van der Waals surface area contributed by atoms with Gasteiger partial charge in [-0.15, -0.1) is 0 Å². The molecule has 38 heavy (non-hydrogen) atoms. The molecule has 0 saturated heterocycles. The Morgan fingerprint density at radius 1 is 1.00 bits per heavy atom. The van der Waals surface area contributed by atoms with Gasteiger partial charge in [-0.3, -0.25) is 19.6 Å². The minimum atomic E-state index is -3.59. The zero-order chi connectivity index (χ0) is 27.0.